The quantitative estimate of drug-likeness (QED) is 0.880. The molecule has 0 atom stereocenters. The van der Waals surface area contributed by atoms with Gasteiger partial charge in [0.1, 0.15) is 5.82 Å². The number of aryl methyl sites for hydroxylation is 1. The molecule has 1 saturated carbocycles. The van der Waals surface area contributed by atoms with Gasteiger partial charge in [0.25, 0.3) is 0 Å². The van der Waals surface area contributed by atoms with Gasteiger partial charge in [-0.25, -0.2) is 4.98 Å². The zero-order chi connectivity index (χ0) is 11.9. The Balaban J connectivity index is 1.90. The molecule has 1 aromatic carbocycles. The Morgan fingerprint density at radius 3 is 2.88 bits per heavy atom. The van der Waals surface area contributed by atoms with Crippen LogP contribution in [0.2, 0.25) is 0 Å². The number of hydrogen-bond donors (Lipinski definition) is 1. The second-order valence-corrected chi connectivity index (χ2v) is 5.12. The van der Waals surface area contributed by atoms with Crippen LogP contribution in [0.1, 0.15) is 30.7 Å². The number of H-pyrrole nitrogens is 1. The van der Waals surface area contributed by atoms with Gasteiger partial charge in [-0.3, -0.25) is 0 Å². The van der Waals surface area contributed by atoms with Crippen molar-refractivity contribution in [3.63, 3.8) is 0 Å². The predicted octanol–water partition coefficient (Wildman–Crippen LogP) is 2.98. The molecule has 0 amide bonds. The first-order valence-corrected chi connectivity index (χ1v) is 6.21. The van der Waals surface area contributed by atoms with Gasteiger partial charge in [-0.05, 0) is 43.9 Å². The molecule has 17 heavy (non-hydrogen) atoms. The summed E-state index contributed by atoms with van der Waals surface area (Å²) in [4.78, 5) is 8.04. The number of methoxy groups -OCH3 is 1. The Hall–Kier alpha value is -1.35. The first-order valence-electron chi connectivity index (χ1n) is 6.21. The first kappa shape index (κ1) is 10.8. The van der Waals surface area contributed by atoms with Crippen LogP contribution in [0.3, 0.4) is 0 Å². The van der Waals surface area contributed by atoms with Gasteiger partial charge in [0.15, 0.2) is 0 Å². The molecule has 0 spiro atoms. The number of aromatic nitrogens is 2. The Bertz CT molecular complexity index is 535. The number of imidazole rings is 1. The molecule has 0 aliphatic heterocycles. The third-order valence-electron chi connectivity index (χ3n) is 3.87. The van der Waals surface area contributed by atoms with E-state index in [1.807, 2.05) is 7.11 Å². The summed E-state index contributed by atoms with van der Waals surface area (Å²) in [6.07, 6.45) is 4.48. The Morgan fingerprint density at radius 2 is 2.24 bits per heavy atom. The zero-order valence-corrected chi connectivity index (χ0v) is 10.4. The van der Waals surface area contributed by atoms with Crippen molar-refractivity contribution in [3.05, 3.63) is 29.6 Å². The summed E-state index contributed by atoms with van der Waals surface area (Å²) in [5.74, 6) is 1.05. The highest BCUT2D eigenvalue weighted by Gasteiger charge is 2.37. The second-order valence-electron chi connectivity index (χ2n) is 5.12. The standard InChI is InChI=1S/C14H18N2O/c1-10-4-5-11-12(8-10)16-13(15-11)9-14(17-2)6-3-7-14/h4-5,8H,3,6-7,9H2,1-2H3,(H,15,16). The molecule has 0 saturated heterocycles. The average molecular weight is 230 g/mol. The maximum absolute atomic E-state index is 5.64. The van der Waals surface area contributed by atoms with Crippen molar-refractivity contribution in [2.24, 2.45) is 0 Å². The summed E-state index contributed by atoms with van der Waals surface area (Å²) in [7, 11) is 1.81. The highest BCUT2D eigenvalue weighted by Crippen LogP contribution is 2.37. The number of nitrogens with zero attached hydrogens (tertiary/aromatic N) is 1. The molecule has 3 heteroatoms. The summed E-state index contributed by atoms with van der Waals surface area (Å²) in [6, 6.07) is 6.32. The number of rotatable bonds is 3. The Kier molecular flexibility index (Phi) is 2.44. The molecule has 0 bridgehead atoms. The molecule has 1 heterocycles. The van der Waals surface area contributed by atoms with Crippen molar-refractivity contribution in [1.82, 2.24) is 9.97 Å². The lowest BCUT2D eigenvalue weighted by atomic mass is 9.77. The third kappa shape index (κ3) is 1.84. The van der Waals surface area contributed by atoms with Crippen molar-refractivity contribution < 1.29 is 4.74 Å². The molecule has 90 valence electrons. The monoisotopic (exact) mass is 230 g/mol. The smallest absolute Gasteiger partial charge is 0.110 e. The number of hydrogen-bond acceptors (Lipinski definition) is 2. The van der Waals surface area contributed by atoms with Crippen LogP contribution in [0, 0.1) is 6.92 Å². The zero-order valence-electron chi connectivity index (χ0n) is 10.4. The highest BCUT2D eigenvalue weighted by molar-refractivity contribution is 5.75. The average Bonchev–Trinajstić information content (AvgIpc) is 2.65. The van der Waals surface area contributed by atoms with Gasteiger partial charge in [-0.2, -0.15) is 0 Å². The molecule has 0 radical (unpaired) electrons. The van der Waals surface area contributed by atoms with Crippen molar-refractivity contribution in [2.75, 3.05) is 7.11 Å². The minimum atomic E-state index is 0.0446. The van der Waals surface area contributed by atoms with E-state index in [1.165, 1.54) is 12.0 Å². The molecule has 1 aliphatic rings. The van der Waals surface area contributed by atoms with Crippen LogP contribution in [0.25, 0.3) is 11.0 Å². The maximum Gasteiger partial charge on any atom is 0.110 e. The van der Waals surface area contributed by atoms with Crippen LogP contribution >= 0.6 is 0 Å². The molecule has 3 rings (SSSR count). The third-order valence-corrected chi connectivity index (χ3v) is 3.87. The van der Waals surface area contributed by atoms with Crippen molar-refractivity contribution >= 4 is 11.0 Å². The fraction of sp³-hybridized carbons (Fsp3) is 0.500. The minimum absolute atomic E-state index is 0.0446. The summed E-state index contributed by atoms with van der Waals surface area (Å²) >= 11 is 0. The van der Waals surface area contributed by atoms with E-state index in [9.17, 15) is 0 Å². The first-order chi connectivity index (χ1) is 8.21. The van der Waals surface area contributed by atoms with E-state index in [0.29, 0.717) is 0 Å². The van der Waals surface area contributed by atoms with Crippen molar-refractivity contribution in [3.8, 4) is 0 Å². The number of ether oxygens (including phenoxy) is 1. The summed E-state index contributed by atoms with van der Waals surface area (Å²) in [5, 5.41) is 0. The highest BCUT2D eigenvalue weighted by atomic mass is 16.5. The summed E-state index contributed by atoms with van der Waals surface area (Å²) in [6.45, 7) is 2.10. The van der Waals surface area contributed by atoms with Gasteiger partial charge in [0.2, 0.25) is 0 Å². The topological polar surface area (TPSA) is 37.9 Å². The van der Waals surface area contributed by atoms with Gasteiger partial charge in [0.05, 0.1) is 16.6 Å². The lowest BCUT2D eigenvalue weighted by molar-refractivity contribution is -0.0719. The van der Waals surface area contributed by atoms with Gasteiger partial charge in [0, 0.05) is 13.5 Å². The van der Waals surface area contributed by atoms with Crippen LogP contribution in [0.15, 0.2) is 18.2 Å². The van der Waals surface area contributed by atoms with Gasteiger partial charge in [-0.1, -0.05) is 6.07 Å². The molecule has 1 aromatic heterocycles. The lowest BCUT2D eigenvalue weighted by Crippen LogP contribution is -2.41. The normalized spacial score (nSPS) is 18.2. The Labute approximate surface area is 101 Å². The molecular formula is C14H18N2O. The summed E-state index contributed by atoms with van der Waals surface area (Å²) in [5.41, 5.74) is 3.49. The Morgan fingerprint density at radius 1 is 1.41 bits per heavy atom. The predicted molar refractivity (Wildman–Crippen MR) is 68.1 cm³/mol. The number of fused-ring (bicyclic) bond motifs is 1. The van der Waals surface area contributed by atoms with Crippen LogP contribution < -0.4 is 0 Å². The fourth-order valence-electron chi connectivity index (χ4n) is 2.59. The minimum Gasteiger partial charge on any atom is -0.378 e. The van der Waals surface area contributed by atoms with Crippen LogP contribution in [0.5, 0.6) is 0 Å². The van der Waals surface area contributed by atoms with Crippen LogP contribution in [0.4, 0.5) is 0 Å². The van der Waals surface area contributed by atoms with Gasteiger partial charge in [-0.15, -0.1) is 0 Å². The van der Waals surface area contributed by atoms with E-state index in [0.717, 1.165) is 36.1 Å². The van der Waals surface area contributed by atoms with E-state index >= 15 is 0 Å². The molecule has 2 aromatic rings. The molecule has 1 N–H and O–H groups in total. The maximum atomic E-state index is 5.64. The molecule has 1 fully saturated rings. The van der Waals surface area contributed by atoms with Crippen molar-refractivity contribution in [1.29, 1.82) is 0 Å². The van der Waals surface area contributed by atoms with Gasteiger partial charge < -0.3 is 9.72 Å². The molecule has 3 nitrogen and oxygen atoms in total. The van der Waals surface area contributed by atoms with E-state index in [1.54, 1.807) is 0 Å². The van der Waals surface area contributed by atoms with E-state index in [-0.39, 0.29) is 5.60 Å². The summed E-state index contributed by atoms with van der Waals surface area (Å²) < 4.78 is 5.64. The largest absolute Gasteiger partial charge is 0.378 e. The number of benzene rings is 1. The van der Waals surface area contributed by atoms with Crippen molar-refractivity contribution in [2.45, 2.75) is 38.2 Å². The van der Waals surface area contributed by atoms with E-state index in [4.69, 9.17) is 4.74 Å². The second kappa shape index (κ2) is 3.84. The van der Waals surface area contributed by atoms with E-state index in [2.05, 4.69) is 35.1 Å². The lowest BCUT2D eigenvalue weighted by Gasteiger charge is -2.39. The van der Waals surface area contributed by atoms with E-state index < -0.39 is 0 Å². The molecule has 0 unspecified atom stereocenters. The molecular weight excluding hydrogens is 212 g/mol. The SMILES string of the molecule is COC1(Cc2nc3ccc(C)cc3[nH]2)CCC1. The van der Waals surface area contributed by atoms with Crippen LogP contribution in [-0.4, -0.2) is 22.7 Å². The van der Waals surface area contributed by atoms with Crippen LogP contribution in [-0.2, 0) is 11.2 Å². The molecule has 1 aliphatic carbocycles. The van der Waals surface area contributed by atoms with Gasteiger partial charge >= 0.3 is 0 Å². The fourth-order valence-corrected chi connectivity index (χ4v) is 2.59. The number of nitrogens with one attached hydrogen (secondary N) is 1. The number of aromatic amines is 1.